The molecule has 0 aromatic rings. The van der Waals surface area contributed by atoms with Crippen LogP contribution in [0, 0.1) is 0 Å². The summed E-state index contributed by atoms with van der Waals surface area (Å²) in [5.74, 6) is 0. The molecule has 0 saturated carbocycles. The van der Waals surface area contributed by atoms with Crippen LogP contribution in [0.4, 0.5) is 0 Å². The molecular formula is C5H12ClNO2S. The quantitative estimate of drug-likeness (QED) is 0.601. The fourth-order valence-corrected chi connectivity index (χ4v) is 1.27. The van der Waals surface area contributed by atoms with Crippen molar-refractivity contribution < 1.29 is 8.42 Å². The summed E-state index contributed by atoms with van der Waals surface area (Å²) >= 11 is 5.57. The van der Waals surface area contributed by atoms with E-state index in [0.717, 1.165) is 6.26 Å². The second-order valence-corrected chi connectivity index (χ2v) is 5.16. The lowest BCUT2D eigenvalue weighted by molar-refractivity contribution is 0.476. The normalized spacial score (nSPS) is 15.7. The molecule has 62 valence electrons. The second kappa shape index (κ2) is 3.55. The number of halogens is 1. The Kier molecular flexibility index (Phi) is 3.62. The molecule has 5 heteroatoms. The van der Waals surface area contributed by atoms with Crippen LogP contribution in [0.15, 0.2) is 0 Å². The third-order valence-electron chi connectivity index (χ3n) is 1.07. The Balaban J connectivity index is 3.99. The highest BCUT2D eigenvalue weighted by molar-refractivity contribution is 7.88. The molecule has 0 aliphatic carbocycles. The first-order valence-corrected chi connectivity index (χ1v) is 5.18. The molecule has 0 amide bonds. The Morgan fingerprint density at radius 1 is 1.60 bits per heavy atom. The van der Waals surface area contributed by atoms with Crippen molar-refractivity contribution in [3.8, 4) is 0 Å². The molecule has 0 aromatic carbocycles. The summed E-state index contributed by atoms with van der Waals surface area (Å²) in [5, 5.41) is -0.139. The van der Waals surface area contributed by atoms with Gasteiger partial charge in [-0.15, -0.1) is 11.6 Å². The van der Waals surface area contributed by atoms with Crippen molar-refractivity contribution in [3.63, 3.8) is 0 Å². The molecule has 1 atom stereocenters. The topological polar surface area (TPSA) is 37.4 Å². The van der Waals surface area contributed by atoms with Gasteiger partial charge >= 0.3 is 0 Å². The van der Waals surface area contributed by atoms with Crippen molar-refractivity contribution in [1.29, 1.82) is 0 Å². The average molecular weight is 186 g/mol. The van der Waals surface area contributed by atoms with Gasteiger partial charge in [0.1, 0.15) is 0 Å². The summed E-state index contributed by atoms with van der Waals surface area (Å²) < 4.78 is 22.7. The zero-order valence-electron chi connectivity index (χ0n) is 6.33. The Labute approximate surface area is 67.0 Å². The summed E-state index contributed by atoms with van der Waals surface area (Å²) in [6.07, 6.45) is 1.16. The van der Waals surface area contributed by atoms with Crippen molar-refractivity contribution in [3.05, 3.63) is 0 Å². The van der Waals surface area contributed by atoms with Gasteiger partial charge in [0, 0.05) is 19.0 Å². The second-order valence-electron chi connectivity index (χ2n) is 2.32. The molecule has 0 aromatic heterocycles. The monoisotopic (exact) mass is 185 g/mol. The molecule has 0 aliphatic heterocycles. The van der Waals surface area contributed by atoms with Crippen molar-refractivity contribution >= 4 is 21.6 Å². The van der Waals surface area contributed by atoms with E-state index in [1.54, 1.807) is 6.92 Å². The van der Waals surface area contributed by atoms with E-state index in [2.05, 4.69) is 0 Å². The molecule has 0 bridgehead atoms. The van der Waals surface area contributed by atoms with Crippen molar-refractivity contribution in [2.24, 2.45) is 0 Å². The molecular weight excluding hydrogens is 174 g/mol. The van der Waals surface area contributed by atoms with Gasteiger partial charge in [0.15, 0.2) is 0 Å². The van der Waals surface area contributed by atoms with Crippen LogP contribution >= 0.6 is 11.6 Å². The Morgan fingerprint density at radius 2 is 2.00 bits per heavy atom. The SMILES string of the molecule is CC(Cl)CN(C)S(C)(=O)=O. The minimum atomic E-state index is -3.05. The number of sulfonamides is 1. The van der Waals surface area contributed by atoms with Crippen molar-refractivity contribution in [2.75, 3.05) is 19.8 Å². The predicted octanol–water partition coefficient (Wildman–Crippen LogP) is 0.505. The molecule has 0 aliphatic rings. The van der Waals surface area contributed by atoms with Gasteiger partial charge in [0.2, 0.25) is 10.0 Å². The first-order chi connectivity index (χ1) is 4.34. The number of alkyl halides is 1. The van der Waals surface area contributed by atoms with Crippen LogP contribution in [0.25, 0.3) is 0 Å². The Hall–Kier alpha value is 0.200. The van der Waals surface area contributed by atoms with Crippen LogP contribution in [0.5, 0.6) is 0 Å². The smallest absolute Gasteiger partial charge is 0.210 e. The molecule has 0 rings (SSSR count). The first kappa shape index (κ1) is 10.2. The molecule has 0 spiro atoms. The fraction of sp³-hybridized carbons (Fsp3) is 1.00. The third kappa shape index (κ3) is 4.09. The molecule has 10 heavy (non-hydrogen) atoms. The highest BCUT2D eigenvalue weighted by Crippen LogP contribution is 1.99. The van der Waals surface area contributed by atoms with Crippen molar-refractivity contribution in [1.82, 2.24) is 4.31 Å². The van der Waals surface area contributed by atoms with Crippen LogP contribution < -0.4 is 0 Å². The largest absolute Gasteiger partial charge is 0.213 e. The van der Waals surface area contributed by atoms with Gasteiger partial charge in [-0.05, 0) is 6.92 Å². The van der Waals surface area contributed by atoms with Gasteiger partial charge in [-0.2, -0.15) is 0 Å². The Morgan fingerprint density at radius 3 is 2.10 bits per heavy atom. The molecule has 0 saturated heterocycles. The first-order valence-electron chi connectivity index (χ1n) is 2.89. The van der Waals surface area contributed by atoms with Crippen molar-refractivity contribution in [2.45, 2.75) is 12.3 Å². The minimum Gasteiger partial charge on any atom is -0.213 e. The lowest BCUT2D eigenvalue weighted by atomic mass is 10.5. The molecule has 1 unspecified atom stereocenters. The van der Waals surface area contributed by atoms with Gasteiger partial charge in [0.05, 0.1) is 6.26 Å². The van der Waals surface area contributed by atoms with E-state index in [1.807, 2.05) is 0 Å². The number of rotatable bonds is 3. The van der Waals surface area contributed by atoms with E-state index in [9.17, 15) is 8.42 Å². The van der Waals surface area contributed by atoms with Gasteiger partial charge < -0.3 is 0 Å². The lowest BCUT2D eigenvalue weighted by Crippen LogP contribution is -2.30. The van der Waals surface area contributed by atoms with Crippen LogP contribution in [0.3, 0.4) is 0 Å². The average Bonchev–Trinajstić information content (AvgIpc) is 1.60. The van der Waals surface area contributed by atoms with Crippen LogP contribution in [0.1, 0.15) is 6.92 Å². The molecule has 0 heterocycles. The summed E-state index contributed by atoms with van der Waals surface area (Å²) in [4.78, 5) is 0. The minimum absolute atomic E-state index is 0.139. The van der Waals surface area contributed by atoms with Gasteiger partial charge in [-0.25, -0.2) is 12.7 Å². The number of hydrogen-bond acceptors (Lipinski definition) is 2. The fourth-order valence-electron chi connectivity index (χ4n) is 0.490. The maximum atomic E-state index is 10.7. The molecule has 3 nitrogen and oxygen atoms in total. The summed E-state index contributed by atoms with van der Waals surface area (Å²) in [7, 11) is -1.54. The number of hydrogen-bond donors (Lipinski definition) is 0. The molecule has 0 N–H and O–H groups in total. The van der Waals surface area contributed by atoms with E-state index in [4.69, 9.17) is 11.6 Å². The maximum absolute atomic E-state index is 10.7. The number of nitrogens with zero attached hydrogens (tertiary/aromatic N) is 1. The van der Waals surface area contributed by atoms with Crippen LogP contribution in [-0.2, 0) is 10.0 Å². The van der Waals surface area contributed by atoms with E-state index >= 15 is 0 Å². The van der Waals surface area contributed by atoms with Gasteiger partial charge in [0.25, 0.3) is 0 Å². The molecule has 0 radical (unpaired) electrons. The maximum Gasteiger partial charge on any atom is 0.210 e. The predicted molar refractivity (Wildman–Crippen MR) is 42.8 cm³/mol. The van der Waals surface area contributed by atoms with E-state index in [-0.39, 0.29) is 5.38 Å². The zero-order valence-corrected chi connectivity index (χ0v) is 7.91. The van der Waals surface area contributed by atoms with E-state index in [1.165, 1.54) is 11.4 Å². The van der Waals surface area contributed by atoms with E-state index < -0.39 is 10.0 Å². The van der Waals surface area contributed by atoms with Gasteiger partial charge in [-0.3, -0.25) is 0 Å². The van der Waals surface area contributed by atoms with Gasteiger partial charge in [-0.1, -0.05) is 0 Å². The lowest BCUT2D eigenvalue weighted by Gasteiger charge is -2.14. The molecule has 0 fully saturated rings. The zero-order chi connectivity index (χ0) is 8.36. The van der Waals surface area contributed by atoms with Crippen LogP contribution in [0.2, 0.25) is 0 Å². The van der Waals surface area contributed by atoms with E-state index in [0.29, 0.717) is 6.54 Å². The standard InChI is InChI=1S/C5H12ClNO2S/c1-5(6)4-7(2)10(3,8)9/h5H,4H2,1-3H3. The third-order valence-corrected chi connectivity index (χ3v) is 2.49. The Bertz CT molecular complexity index is 188. The van der Waals surface area contributed by atoms with Crippen LogP contribution in [-0.4, -0.2) is 37.9 Å². The highest BCUT2D eigenvalue weighted by Gasteiger charge is 2.12. The summed E-state index contributed by atoms with van der Waals surface area (Å²) in [5.41, 5.74) is 0. The summed E-state index contributed by atoms with van der Waals surface area (Å²) in [6, 6.07) is 0. The highest BCUT2D eigenvalue weighted by atomic mass is 35.5. The summed E-state index contributed by atoms with van der Waals surface area (Å²) in [6.45, 7) is 2.11.